The van der Waals surface area contributed by atoms with Crippen LogP contribution in [0.25, 0.3) is 0 Å². The van der Waals surface area contributed by atoms with Crippen LogP contribution in [0.2, 0.25) is 0 Å². The van der Waals surface area contributed by atoms with E-state index in [1.54, 1.807) is 0 Å². The Morgan fingerprint density at radius 2 is 2.36 bits per heavy atom. The molecule has 74 valence electrons. The molecule has 0 saturated heterocycles. The standard InChI is InChI=1S/C10H10BrNO2/c11-8-3-1-2-7-6(8)4-5-9(7)12-10(13)14/h1-3,9,12H,4-5H2,(H,13,14)/t9-/m0/s1. The first-order valence-corrected chi connectivity index (χ1v) is 5.24. The molecular formula is C10H10BrNO2. The molecule has 0 unspecified atom stereocenters. The van der Waals surface area contributed by atoms with E-state index >= 15 is 0 Å². The number of fused-ring (bicyclic) bond motifs is 1. The fraction of sp³-hybridized carbons (Fsp3) is 0.300. The van der Waals surface area contributed by atoms with Gasteiger partial charge in [-0.15, -0.1) is 0 Å². The number of hydrogen-bond donors (Lipinski definition) is 2. The lowest BCUT2D eigenvalue weighted by Gasteiger charge is -2.11. The molecule has 0 aliphatic heterocycles. The zero-order chi connectivity index (χ0) is 10.1. The van der Waals surface area contributed by atoms with Gasteiger partial charge >= 0.3 is 6.09 Å². The van der Waals surface area contributed by atoms with Crippen molar-refractivity contribution in [3.8, 4) is 0 Å². The lowest BCUT2D eigenvalue weighted by atomic mass is 10.1. The van der Waals surface area contributed by atoms with E-state index in [9.17, 15) is 4.79 Å². The highest BCUT2D eigenvalue weighted by Gasteiger charge is 2.24. The molecule has 2 N–H and O–H groups in total. The van der Waals surface area contributed by atoms with Gasteiger partial charge in [0.25, 0.3) is 0 Å². The van der Waals surface area contributed by atoms with Crippen LogP contribution in [-0.4, -0.2) is 11.2 Å². The zero-order valence-electron chi connectivity index (χ0n) is 7.46. The summed E-state index contributed by atoms with van der Waals surface area (Å²) in [7, 11) is 0. The van der Waals surface area contributed by atoms with Gasteiger partial charge in [0.05, 0.1) is 6.04 Å². The monoisotopic (exact) mass is 255 g/mol. The van der Waals surface area contributed by atoms with Crippen molar-refractivity contribution in [2.75, 3.05) is 0 Å². The summed E-state index contributed by atoms with van der Waals surface area (Å²) in [5.41, 5.74) is 2.33. The molecule has 0 spiro atoms. The molecule has 1 amide bonds. The molecule has 0 fully saturated rings. The summed E-state index contributed by atoms with van der Waals surface area (Å²) in [6.45, 7) is 0. The van der Waals surface area contributed by atoms with E-state index < -0.39 is 6.09 Å². The second-order valence-corrected chi connectivity index (χ2v) is 4.20. The molecule has 1 aromatic carbocycles. The fourth-order valence-electron chi connectivity index (χ4n) is 1.91. The molecule has 1 aliphatic rings. The minimum Gasteiger partial charge on any atom is -0.465 e. The number of benzene rings is 1. The Morgan fingerprint density at radius 3 is 3.07 bits per heavy atom. The molecule has 0 heterocycles. The van der Waals surface area contributed by atoms with Gasteiger partial charge in [-0.1, -0.05) is 28.1 Å². The van der Waals surface area contributed by atoms with Crippen LogP contribution in [0.1, 0.15) is 23.6 Å². The number of amides is 1. The van der Waals surface area contributed by atoms with E-state index in [-0.39, 0.29) is 6.04 Å². The summed E-state index contributed by atoms with van der Waals surface area (Å²) in [6.07, 6.45) is 0.828. The first-order chi connectivity index (χ1) is 6.68. The third-order valence-corrected chi connectivity index (χ3v) is 3.25. The van der Waals surface area contributed by atoms with Crippen LogP contribution in [0.3, 0.4) is 0 Å². The summed E-state index contributed by atoms with van der Waals surface area (Å²) in [5, 5.41) is 11.2. The summed E-state index contributed by atoms with van der Waals surface area (Å²) in [4.78, 5) is 10.5. The van der Waals surface area contributed by atoms with Gasteiger partial charge < -0.3 is 10.4 Å². The Labute approximate surface area is 90.3 Å². The highest BCUT2D eigenvalue weighted by atomic mass is 79.9. The first kappa shape index (κ1) is 9.52. The minimum atomic E-state index is -0.956. The van der Waals surface area contributed by atoms with Crippen molar-refractivity contribution < 1.29 is 9.90 Å². The lowest BCUT2D eigenvalue weighted by molar-refractivity contribution is 0.190. The van der Waals surface area contributed by atoms with Gasteiger partial charge in [0.1, 0.15) is 0 Å². The average Bonchev–Trinajstić information content (AvgIpc) is 2.49. The van der Waals surface area contributed by atoms with Gasteiger partial charge in [-0.3, -0.25) is 0 Å². The number of halogens is 1. The zero-order valence-corrected chi connectivity index (χ0v) is 9.04. The summed E-state index contributed by atoms with van der Waals surface area (Å²) in [5.74, 6) is 0. The largest absolute Gasteiger partial charge is 0.465 e. The van der Waals surface area contributed by atoms with Crippen molar-refractivity contribution in [2.24, 2.45) is 0 Å². The van der Waals surface area contributed by atoms with Crippen molar-refractivity contribution in [3.63, 3.8) is 0 Å². The fourth-order valence-corrected chi connectivity index (χ4v) is 2.49. The molecule has 0 bridgehead atoms. The Balaban J connectivity index is 2.30. The molecule has 14 heavy (non-hydrogen) atoms. The maximum Gasteiger partial charge on any atom is 0.405 e. The number of rotatable bonds is 1. The molecule has 0 aromatic heterocycles. The Bertz CT molecular complexity index is 378. The third kappa shape index (κ3) is 1.62. The Morgan fingerprint density at radius 1 is 1.57 bits per heavy atom. The number of hydrogen-bond acceptors (Lipinski definition) is 1. The maximum absolute atomic E-state index is 10.5. The molecule has 2 rings (SSSR count). The molecule has 0 radical (unpaired) electrons. The summed E-state index contributed by atoms with van der Waals surface area (Å²) < 4.78 is 1.07. The van der Waals surface area contributed by atoms with E-state index in [0.717, 1.165) is 22.9 Å². The molecule has 1 aromatic rings. The van der Waals surface area contributed by atoms with Gasteiger partial charge in [0.15, 0.2) is 0 Å². The Kier molecular flexibility index (Phi) is 2.46. The SMILES string of the molecule is O=C(O)N[C@H]1CCc2c(Br)cccc21. The van der Waals surface area contributed by atoms with Crippen molar-refractivity contribution in [2.45, 2.75) is 18.9 Å². The van der Waals surface area contributed by atoms with Gasteiger partial charge in [0.2, 0.25) is 0 Å². The van der Waals surface area contributed by atoms with E-state index in [0.29, 0.717) is 0 Å². The maximum atomic E-state index is 10.5. The van der Waals surface area contributed by atoms with Crippen LogP contribution in [0.4, 0.5) is 4.79 Å². The molecule has 4 heteroatoms. The highest BCUT2D eigenvalue weighted by Crippen LogP contribution is 2.35. The molecule has 1 atom stereocenters. The van der Waals surface area contributed by atoms with Crippen LogP contribution in [-0.2, 0) is 6.42 Å². The van der Waals surface area contributed by atoms with E-state index in [4.69, 9.17) is 5.11 Å². The first-order valence-electron chi connectivity index (χ1n) is 4.45. The van der Waals surface area contributed by atoms with Crippen molar-refractivity contribution >= 4 is 22.0 Å². The molecule has 0 saturated carbocycles. The quantitative estimate of drug-likeness (QED) is 0.811. The number of carboxylic acid groups (broad SMARTS) is 1. The topological polar surface area (TPSA) is 49.3 Å². The van der Waals surface area contributed by atoms with Crippen LogP contribution in [0.15, 0.2) is 22.7 Å². The third-order valence-electron chi connectivity index (χ3n) is 2.51. The highest BCUT2D eigenvalue weighted by molar-refractivity contribution is 9.10. The van der Waals surface area contributed by atoms with E-state index in [1.165, 1.54) is 5.56 Å². The van der Waals surface area contributed by atoms with E-state index in [1.807, 2.05) is 18.2 Å². The van der Waals surface area contributed by atoms with E-state index in [2.05, 4.69) is 21.2 Å². The van der Waals surface area contributed by atoms with Crippen LogP contribution in [0, 0.1) is 0 Å². The second-order valence-electron chi connectivity index (χ2n) is 3.35. The summed E-state index contributed by atoms with van der Waals surface area (Å²) >= 11 is 3.47. The van der Waals surface area contributed by atoms with Crippen LogP contribution in [0.5, 0.6) is 0 Å². The molecule has 1 aliphatic carbocycles. The molecular weight excluding hydrogens is 246 g/mol. The predicted octanol–water partition coefficient (Wildman–Crippen LogP) is 2.70. The van der Waals surface area contributed by atoms with Crippen molar-refractivity contribution in [1.82, 2.24) is 5.32 Å². The number of nitrogens with one attached hydrogen (secondary N) is 1. The predicted molar refractivity (Wildman–Crippen MR) is 56.4 cm³/mol. The minimum absolute atomic E-state index is 0.0417. The summed E-state index contributed by atoms with van der Waals surface area (Å²) in [6, 6.07) is 5.86. The van der Waals surface area contributed by atoms with Gasteiger partial charge in [-0.2, -0.15) is 0 Å². The average molecular weight is 256 g/mol. The van der Waals surface area contributed by atoms with Crippen molar-refractivity contribution in [1.29, 1.82) is 0 Å². The van der Waals surface area contributed by atoms with Crippen LogP contribution >= 0.6 is 15.9 Å². The van der Waals surface area contributed by atoms with Gasteiger partial charge in [0, 0.05) is 4.47 Å². The normalized spacial score (nSPS) is 19.1. The van der Waals surface area contributed by atoms with Gasteiger partial charge in [-0.25, -0.2) is 4.79 Å². The van der Waals surface area contributed by atoms with Crippen LogP contribution < -0.4 is 5.32 Å². The van der Waals surface area contributed by atoms with Crippen molar-refractivity contribution in [3.05, 3.63) is 33.8 Å². The second kappa shape index (κ2) is 3.61. The number of carbonyl (C=O) groups is 1. The molecule has 3 nitrogen and oxygen atoms in total. The van der Waals surface area contributed by atoms with Gasteiger partial charge in [-0.05, 0) is 30.0 Å². The lowest BCUT2D eigenvalue weighted by Crippen LogP contribution is -2.24. The smallest absolute Gasteiger partial charge is 0.405 e. The Hall–Kier alpha value is -1.03.